The van der Waals surface area contributed by atoms with Crippen molar-refractivity contribution >= 4 is 43.0 Å². The molecule has 0 saturated heterocycles. The second kappa shape index (κ2) is 6.05. The van der Waals surface area contributed by atoms with E-state index in [1.807, 2.05) is 25.1 Å². The van der Waals surface area contributed by atoms with Crippen LogP contribution < -0.4 is 15.8 Å². The van der Waals surface area contributed by atoms with Crippen LogP contribution in [0.2, 0.25) is 0 Å². The molecule has 0 radical (unpaired) electrons. The zero-order valence-electron chi connectivity index (χ0n) is 11.6. The molecule has 0 atom stereocenters. The van der Waals surface area contributed by atoms with Crippen LogP contribution in [0.25, 0.3) is 0 Å². The maximum atomic E-state index is 11.7. The van der Waals surface area contributed by atoms with Gasteiger partial charge in [0, 0.05) is 10.2 Å². The van der Waals surface area contributed by atoms with Crippen molar-refractivity contribution in [2.75, 3.05) is 18.1 Å². The molecule has 112 valence electrons. The van der Waals surface area contributed by atoms with Gasteiger partial charge in [0.15, 0.2) is 0 Å². The molecule has 0 bridgehead atoms. The molecule has 0 fully saturated rings. The van der Waals surface area contributed by atoms with E-state index < -0.39 is 10.0 Å². The molecule has 21 heavy (non-hydrogen) atoms. The highest BCUT2D eigenvalue weighted by atomic mass is 79.9. The van der Waals surface area contributed by atoms with Crippen molar-refractivity contribution in [3.63, 3.8) is 0 Å². The Labute approximate surface area is 132 Å². The first kappa shape index (κ1) is 15.8. The second-order valence-corrected chi connectivity index (χ2v) is 7.40. The van der Waals surface area contributed by atoms with Gasteiger partial charge in [0.05, 0.1) is 16.3 Å². The van der Waals surface area contributed by atoms with E-state index in [2.05, 4.69) is 26.0 Å². The number of sulfonamides is 1. The van der Waals surface area contributed by atoms with Crippen molar-refractivity contribution in [1.29, 1.82) is 0 Å². The molecule has 0 aliphatic heterocycles. The molecular formula is C14H16BrN3O2S. The normalized spacial score (nSPS) is 11.4. The molecule has 0 heterocycles. The highest BCUT2D eigenvalue weighted by Gasteiger charge is 2.13. The Hall–Kier alpha value is -1.57. The van der Waals surface area contributed by atoms with Crippen LogP contribution in [-0.4, -0.2) is 15.5 Å². The van der Waals surface area contributed by atoms with Gasteiger partial charge in [-0.2, -0.15) is 0 Å². The van der Waals surface area contributed by atoms with E-state index in [1.54, 1.807) is 6.07 Å². The monoisotopic (exact) mass is 369 g/mol. The van der Waals surface area contributed by atoms with Crippen molar-refractivity contribution in [1.82, 2.24) is 4.72 Å². The summed E-state index contributed by atoms with van der Waals surface area (Å²) in [6, 6.07) is 10.5. The molecule has 0 aromatic heterocycles. The summed E-state index contributed by atoms with van der Waals surface area (Å²) >= 11 is 3.43. The van der Waals surface area contributed by atoms with Gasteiger partial charge in [0.1, 0.15) is 0 Å². The quantitative estimate of drug-likeness (QED) is 0.723. The van der Waals surface area contributed by atoms with Crippen LogP contribution in [0.4, 0.5) is 17.1 Å². The minimum absolute atomic E-state index is 0.137. The summed E-state index contributed by atoms with van der Waals surface area (Å²) in [6.45, 7) is 1.99. The molecule has 2 aromatic carbocycles. The first-order valence-electron chi connectivity index (χ1n) is 6.19. The topological polar surface area (TPSA) is 84.2 Å². The maximum Gasteiger partial charge on any atom is 0.240 e. The predicted octanol–water partition coefficient (Wildman–Crippen LogP) is 2.99. The zero-order chi connectivity index (χ0) is 15.6. The molecule has 0 spiro atoms. The summed E-state index contributed by atoms with van der Waals surface area (Å²) in [6.07, 6.45) is 0. The van der Waals surface area contributed by atoms with E-state index in [0.717, 1.165) is 15.7 Å². The zero-order valence-corrected chi connectivity index (χ0v) is 14.0. The largest absolute Gasteiger partial charge is 0.397 e. The van der Waals surface area contributed by atoms with E-state index >= 15 is 0 Å². The number of hydrogen-bond acceptors (Lipinski definition) is 4. The summed E-state index contributed by atoms with van der Waals surface area (Å²) in [7, 11) is -2.13. The fourth-order valence-corrected chi connectivity index (χ4v) is 3.28. The number of anilines is 3. The fourth-order valence-electron chi connectivity index (χ4n) is 1.90. The molecule has 2 aromatic rings. The third kappa shape index (κ3) is 3.75. The van der Waals surface area contributed by atoms with Crippen LogP contribution in [0.3, 0.4) is 0 Å². The number of halogens is 1. The number of nitrogens with two attached hydrogens (primary N) is 1. The summed E-state index contributed by atoms with van der Waals surface area (Å²) in [4.78, 5) is 0.137. The van der Waals surface area contributed by atoms with E-state index in [9.17, 15) is 8.42 Å². The smallest absolute Gasteiger partial charge is 0.240 e. The van der Waals surface area contributed by atoms with Crippen LogP contribution in [0.15, 0.2) is 45.8 Å². The lowest BCUT2D eigenvalue weighted by Gasteiger charge is -2.12. The van der Waals surface area contributed by atoms with Crippen LogP contribution in [0, 0.1) is 6.92 Å². The minimum atomic E-state index is -3.49. The van der Waals surface area contributed by atoms with Gasteiger partial charge < -0.3 is 11.1 Å². The number of nitrogen functional groups attached to an aromatic ring is 1. The average Bonchev–Trinajstić information content (AvgIpc) is 2.40. The lowest BCUT2D eigenvalue weighted by atomic mass is 10.2. The minimum Gasteiger partial charge on any atom is -0.397 e. The van der Waals surface area contributed by atoms with Crippen LogP contribution >= 0.6 is 15.9 Å². The number of benzene rings is 2. The van der Waals surface area contributed by atoms with Gasteiger partial charge in [-0.05, 0) is 55.9 Å². The molecule has 0 aliphatic carbocycles. The van der Waals surface area contributed by atoms with Gasteiger partial charge >= 0.3 is 0 Å². The lowest BCUT2D eigenvalue weighted by molar-refractivity contribution is 0.588. The van der Waals surface area contributed by atoms with E-state index in [-0.39, 0.29) is 4.90 Å². The molecule has 4 N–H and O–H groups in total. The molecular weight excluding hydrogens is 354 g/mol. The van der Waals surface area contributed by atoms with E-state index in [4.69, 9.17) is 5.73 Å². The summed E-state index contributed by atoms with van der Waals surface area (Å²) in [5.74, 6) is 0. The van der Waals surface area contributed by atoms with E-state index in [0.29, 0.717) is 11.4 Å². The van der Waals surface area contributed by atoms with Crippen molar-refractivity contribution in [2.24, 2.45) is 0 Å². The molecule has 0 unspecified atom stereocenters. The Morgan fingerprint density at radius 2 is 1.86 bits per heavy atom. The summed E-state index contributed by atoms with van der Waals surface area (Å²) < 4.78 is 26.7. The predicted molar refractivity (Wildman–Crippen MR) is 89.3 cm³/mol. The number of aryl methyl sites for hydroxylation is 1. The number of hydrogen-bond donors (Lipinski definition) is 3. The van der Waals surface area contributed by atoms with E-state index in [1.165, 1.54) is 19.2 Å². The first-order chi connectivity index (χ1) is 9.81. The molecule has 2 rings (SSSR count). The third-order valence-electron chi connectivity index (χ3n) is 2.92. The Morgan fingerprint density at radius 3 is 2.43 bits per heavy atom. The standard InChI is InChI=1S/C14H16BrN3O2S/c1-9-5-10(15)7-11(6-9)18-14-4-3-12(8-13(14)16)21(19,20)17-2/h3-8,17-18H,16H2,1-2H3. The third-order valence-corrected chi connectivity index (χ3v) is 4.79. The number of rotatable bonds is 4. The van der Waals surface area contributed by atoms with Crippen molar-refractivity contribution in [3.8, 4) is 0 Å². The fraction of sp³-hybridized carbons (Fsp3) is 0.143. The maximum absolute atomic E-state index is 11.7. The van der Waals surface area contributed by atoms with Gasteiger partial charge in [-0.15, -0.1) is 0 Å². The molecule has 7 heteroatoms. The highest BCUT2D eigenvalue weighted by Crippen LogP contribution is 2.28. The molecule has 0 saturated carbocycles. The van der Waals surface area contributed by atoms with Gasteiger partial charge in [-0.1, -0.05) is 15.9 Å². The summed E-state index contributed by atoms with van der Waals surface area (Å²) in [5, 5.41) is 3.18. The van der Waals surface area contributed by atoms with Gasteiger partial charge in [0.25, 0.3) is 0 Å². The van der Waals surface area contributed by atoms with Crippen molar-refractivity contribution in [2.45, 2.75) is 11.8 Å². The van der Waals surface area contributed by atoms with Crippen LogP contribution in [0.5, 0.6) is 0 Å². The Kier molecular flexibility index (Phi) is 4.55. The van der Waals surface area contributed by atoms with Crippen molar-refractivity contribution < 1.29 is 8.42 Å². The number of nitrogens with one attached hydrogen (secondary N) is 2. The Morgan fingerprint density at radius 1 is 1.14 bits per heavy atom. The molecule has 0 aliphatic rings. The summed E-state index contributed by atoms with van der Waals surface area (Å²) in [5.41, 5.74) is 8.92. The molecule has 0 amide bonds. The first-order valence-corrected chi connectivity index (χ1v) is 8.47. The van der Waals surface area contributed by atoms with Gasteiger partial charge in [0.2, 0.25) is 10.0 Å². The Bertz CT molecular complexity index is 756. The average molecular weight is 370 g/mol. The second-order valence-electron chi connectivity index (χ2n) is 4.60. The molecule has 5 nitrogen and oxygen atoms in total. The van der Waals surface area contributed by atoms with Gasteiger partial charge in [-0.25, -0.2) is 13.1 Å². The van der Waals surface area contributed by atoms with Crippen molar-refractivity contribution in [3.05, 3.63) is 46.4 Å². The Balaban J connectivity index is 2.34. The van der Waals surface area contributed by atoms with Crippen LogP contribution in [0.1, 0.15) is 5.56 Å². The van der Waals surface area contributed by atoms with Gasteiger partial charge in [-0.3, -0.25) is 0 Å². The SMILES string of the molecule is CNS(=O)(=O)c1ccc(Nc2cc(C)cc(Br)c2)c(N)c1. The highest BCUT2D eigenvalue weighted by molar-refractivity contribution is 9.10. The van der Waals surface area contributed by atoms with Crippen LogP contribution in [-0.2, 0) is 10.0 Å². The lowest BCUT2D eigenvalue weighted by Crippen LogP contribution is -2.18.